The molecule has 3 nitrogen and oxygen atoms in total. The molecular weight excluding hydrogens is 270 g/mol. The quantitative estimate of drug-likeness (QED) is 0.517. The summed E-state index contributed by atoms with van der Waals surface area (Å²) in [6, 6.07) is 13.6. The minimum absolute atomic E-state index is 0.445. The SMILES string of the molecule is Cc1ccc2nc(Cl)c(/C=N/c3ccccn3)cc2c1. The molecule has 1 aromatic carbocycles. The average Bonchev–Trinajstić information content (AvgIpc) is 2.46. The zero-order valence-corrected chi connectivity index (χ0v) is 11.7. The normalized spacial score (nSPS) is 11.3. The van der Waals surface area contributed by atoms with E-state index in [0.717, 1.165) is 16.5 Å². The second kappa shape index (κ2) is 5.39. The van der Waals surface area contributed by atoms with Crippen LogP contribution in [0.15, 0.2) is 53.7 Å². The summed E-state index contributed by atoms with van der Waals surface area (Å²) in [5.41, 5.74) is 2.86. The molecule has 0 unspecified atom stereocenters. The standard InChI is InChI=1S/C16H12ClN3/c1-11-5-6-14-12(8-11)9-13(16(17)20-14)10-19-15-4-2-3-7-18-15/h2-10H,1H3/b19-10+. The fourth-order valence-electron chi connectivity index (χ4n) is 1.95. The van der Waals surface area contributed by atoms with Crippen LogP contribution in [0.3, 0.4) is 0 Å². The summed E-state index contributed by atoms with van der Waals surface area (Å²) in [7, 11) is 0. The molecule has 0 fully saturated rings. The van der Waals surface area contributed by atoms with Gasteiger partial charge >= 0.3 is 0 Å². The summed E-state index contributed by atoms with van der Waals surface area (Å²) >= 11 is 6.19. The van der Waals surface area contributed by atoms with Crippen LogP contribution >= 0.6 is 11.6 Å². The number of halogens is 1. The number of aliphatic imine (C=N–C) groups is 1. The maximum Gasteiger partial charge on any atom is 0.151 e. The summed E-state index contributed by atoms with van der Waals surface area (Å²) in [5.74, 6) is 0.646. The van der Waals surface area contributed by atoms with Gasteiger partial charge in [-0.25, -0.2) is 15.0 Å². The minimum Gasteiger partial charge on any atom is -0.237 e. The van der Waals surface area contributed by atoms with Crippen molar-refractivity contribution in [2.75, 3.05) is 0 Å². The van der Waals surface area contributed by atoms with E-state index >= 15 is 0 Å². The van der Waals surface area contributed by atoms with Gasteiger partial charge in [-0.1, -0.05) is 29.3 Å². The van der Waals surface area contributed by atoms with Gasteiger partial charge in [-0.3, -0.25) is 0 Å². The molecule has 3 rings (SSSR count). The smallest absolute Gasteiger partial charge is 0.151 e. The minimum atomic E-state index is 0.445. The van der Waals surface area contributed by atoms with E-state index in [0.29, 0.717) is 11.0 Å². The van der Waals surface area contributed by atoms with Gasteiger partial charge in [0, 0.05) is 23.4 Å². The highest BCUT2D eigenvalue weighted by Crippen LogP contribution is 2.21. The van der Waals surface area contributed by atoms with Crippen LogP contribution in [-0.4, -0.2) is 16.2 Å². The van der Waals surface area contributed by atoms with Crippen molar-refractivity contribution in [3.05, 3.63) is 64.9 Å². The molecule has 0 bridgehead atoms. The van der Waals surface area contributed by atoms with Crippen LogP contribution < -0.4 is 0 Å². The number of aryl methyl sites for hydroxylation is 1. The predicted molar refractivity (Wildman–Crippen MR) is 83.0 cm³/mol. The van der Waals surface area contributed by atoms with Gasteiger partial charge in [0.25, 0.3) is 0 Å². The molecule has 0 saturated heterocycles. The summed E-state index contributed by atoms with van der Waals surface area (Å²) in [6.45, 7) is 2.05. The van der Waals surface area contributed by atoms with Gasteiger partial charge in [-0.15, -0.1) is 0 Å². The number of pyridine rings is 2. The van der Waals surface area contributed by atoms with Crippen molar-refractivity contribution in [3.8, 4) is 0 Å². The van der Waals surface area contributed by atoms with E-state index in [2.05, 4.69) is 28.0 Å². The van der Waals surface area contributed by atoms with Crippen LogP contribution in [0.2, 0.25) is 5.15 Å². The van der Waals surface area contributed by atoms with Gasteiger partial charge in [0.15, 0.2) is 5.82 Å². The van der Waals surface area contributed by atoms with Gasteiger partial charge < -0.3 is 0 Å². The number of rotatable bonds is 2. The molecule has 2 heterocycles. The molecule has 0 atom stereocenters. The number of aromatic nitrogens is 2. The fraction of sp³-hybridized carbons (Fsp3) is 0.0625. The first-order chi connectivity index (χ1) is 9.72. The van der Waals surface area contributed by atoms with Crippen LogP contribution in [0.1, 0.15) is 11.1 Å². The van der Waals surface area contributed by atoms with Crippen LogP contribution in [0.5, 0.6) is 0 Å². The third kappa shape index (κ3) is 2.68. The van der Waals surface area contributed by atoms with Crippen LogP contribution in [0.25, 0.3) is 10.9 Å². The molecule has 0 aliphatic rings. The van der Waals surface area contributed by atoms with Crippen molar-refractivity contribution in [3.63, 3.8) is 0 Å². The first-order valence-corrected chi connectivity index (χ1v) is 6.62. The largest absolute Gasteiger partial charge is 0.237 e. The van der Waals surface area contributed by atoms with Gasteiger partial charge in [0.05, 0.1) is 5.52 Å². The number of nitrogens with zero attached hydrogens (tertiary/aromatic N) is 3. The van der Waals surface area contributed by atoms with Gasteiger partial charge in [-0.05, 0) is 37.3 Å². The lowest BCUT2D eigenvalue weighted by Gasteiger charge is -2.03. The van der Waals surface area contributed by atoms with Crippen LogP contribution in [0, 0.1) is 6.92 Å². The van der Waals surface area contributed by atoms with Gasteiger partial charge in [-0.2, -0.15) is 0 Å². The number of fused-ring (bicyclic) bond motifs is 1. The average molecular weight is 282 g/mol. The van der Waals surface area contributed by atoms with E-state index < -0.39 is 0 Å². The van der Waals surface area contributed by atoms with E-state index in [1.807, 2.05) is 36.4 Å². The summed E-state index contributed by atoms with van der Waals surface area (Å²) in [6.07, 6.45) is 3.40. The third-order valence-corrected chi connectivity index (χ3v) is 3.24. The Balaban J connectivity index is 2.03. The Morgan fingerprint density at radius 3 is 2.85 bits per heavy atom. The number of benzene rings is 1. The fourth-order valence-corrected chi connectivity index (χ4v) is 2.14. The second-order valence-corrected chi connectivity index (χ2v) is 4.87. The summed E-state index contributed by atoms with van der Waals surface area (Å²) in [4.78, 5) is 12.8. The molecule has 0 N–H and O–H groups in total. The highest BCUT2D eigenvalue weighted by Gasteiger charge is 2.03. The zero-order valence-electron chi connectivity index (χ0n) is 10.9. The van der Waals surface area contributed by atoms with Crippen LogP contribution in [0.4, 0.5) is 5.82 Å². The van der Waals surface area contributed by atoms with E-state index in [4.69, 9.17) is 11.6 Å². The Kier molecular flexibility index (Phi) is 3.44. The molecule has 0 saturated carbocycles. The lowest BCUT2D eigenvalue weighted by molar-refractivity contribution is 1.28. The maximum atomic E-state index is 6.19. The highest BCUT2D eigenvalue weighted by atomic mass is 35.5. The Labute approximate surface area is 122 Å². The maximum absolute atomic E-state index is 6.19. The molecule has 0 amide bonds. The van der Waals surface area contributed by atoms with Crippen LogP contribution in [-0.2, 0) is 0 Å². The molecule has 98 valence electrons. The predicted octanol–water partition coefficient (Wildman–Crippen LogP) is 4.34. The highest BCUT2D eigenvalue weighted by molar-refractivity contribution is 6.32. The molecule has 4 heteroatoms. The lowest BCUT2D eigenvalue weighted by Crippen LogP contribution is -1.89. The molecule has 0 aliphatic heterocycles. The molecule has 20 heavy (non-hydrogen) atoms. The van der Waals surface area contributed by atoms with E-state index in [-0.39, 0.29) is 0 Å². The number of hydrogen-bond acceptors (Lipinski definition) is 3. The molecular formula is C16H12ClN3. The lowest BCUT2D eigenvalue weighted by atomic mass is 10.1. The van der Waals surface area contributed by atoms with Crippen molar-refractivity contribution in [2.24, 2.45) is 4.99 Å². The van der Waals surface area contributed by atoms with Crippen molar-refractivity contribution in [1.82, 2.24) is 9.97 Å². The Hall–Kier alpha value is -2.26. The zero-order chi connectivity index (χ0) is 13.9. The van der Waals surface area contributed by atoms with Crippen molar-refractivity contribution in [2.45, 2.75) is 6.92 Å². The summed E-state index contributed by atoms with van der Waals surface area (Å²) < 4.78 is 0. The molecule has 0 radical (unpaired) electrons. The monoisotopic (exact) mass is 281 g/mol. The molecule has 2 aromatic heterocycles. The van der Waals surface area contributed by atoms with Crippen molar-refractivity contribution >= 4 is 34.5 Å². The van der Waals surface area contributed by atoms with E-state index in [1.165, 1.54) is 5.56 Å². The molecule has 0 spiro atoms. The Bertz CT molecular complexity index is 782. The van der Waals surface area contributed by atoms with Crippen molar-refractivity contribution in [1.29, 1.82) is 0 Å². The topological polar surface area (TPSA) is 38.1 Å². The number of hydrogen-bond donors (Lipinski definition) is 0. The summed E-state index contributed by atoms with van der Waals surface area (Å²) in [5, 5.41) is 1.50. The van der Waals surface area contributed by atoms with Gasteiger partial charge in [0.2, 0.25) is 0 Å². The Morgan fingerprint density at radius 2 is 2.05 bits per heavy atom. The van der Waals surface area contributed by atoms with Crippen molar-refractivity contribution < 1.29 is 0 Å². The van der Waals surface area contributed by atoms with E-state index in [1.54, 1.807) is 12.4 Å². The second-order valence-electron chi connectivity index (χ2n) is 4.51. The first kappa shape index (κ1) is 12.8. The van der Waals surface area contributed by atoms with E-state index in [9.17, 15) is 0 Å². The third-order valence-electron chi connectivity index (χ3n) is 2.94. The Morgan fingerprint density at radius 1 is 1.15 bits per heavy atom. The van der Waals surface area contributed by atoms with Gasteiger partial charge in [0.1, 0.15) is 5.15 Å². The molecule has 3 aromatic rings. The first-order valence-electron chi connectivity index (χ1n) is 6.24. The molecule has 0 aliphatic carbocycles.